The first kappa shape index (κ1) is 14.1. The second-order valence-corrected chi connectivity index (χ2v) is 3.32. The lowest BCUT2D eigenvalue weighted by atomic mass is 10.2. The molecule has 4 heteroatoms. The number of aliphatic hydroxyl groups is 2. The van der Waals surface area contributed by atoms with Crippen LogP contribution < -0.4 is 0 Å². The maximum atomic E-state index is 11.3. The Balaban J connectivity index is 3.63. The number of aliphatic hydroxyl groups excluding tert-OH is 2. The van der Waals surface area contributed by atoms with E-state index in [-0.39, 0.29) is 19.2 Å². The predicted octanol–water partition coefficient (Wildman–Crippen LogP) is 1.02. The summed E-state index contributed by atoms with van der Waals surface area (Å²) < 4.78 is 4.96. The molecule has 0 fully saturated rings. The molecule has 0 aromatic rings. The third-order valence-corrected chi connectivity index (χ3v) is 1.92. The van der Waals surface area contributed by atoms with Gasteiger partial charge in [-0.25, -0.2) is 4.79 Å². The van der Waals surface area contributed by atoms with E-state index in [0.717, 1.165) is 0 Å². The maximum absolute atomic E-state index is 11.3. The average molecular weight is 216 g/mol. The van der Waals surface area contributed by atoms with Crippen LogP contribution in [0, 0.1) is 0 Å². The Kier molecular flexibility index (Phi) is 9.11. The van der Waals surface area contributed by atoms with Gasteiger partial charge in [0.1, 0.15) is 0 Å². The molecule has 0 aliphatic rings. The van der Waals surface area contributed by atoms with Gasteiger partial charge in [-0.15, -0.1) is 0 Å². The number of carbonyl (C=O) groups excluding carboxylic acids is 1. The third kappa shape index (κ3) is 8.15. The number of unbranched alkanes of at least 4 members (excludes halogenated alkanes) is 2. The smallest absolute Gasteiger partial charge is 0.333 e. The fourth-order valence-corrected chi connectivity index (χ4v) is 0.986. The molecule has 0 unspecified atom stereocenters. The minimum Gasteiger partial charge on any atom is -0.462 e. The van der Waals surface area contributed by atoms with E-state index >= 15 is 0 Å². The summed E-state index contributed by atoms with van der Waals surface area (Å²) in [7, 11) is 0. The molecule has 0 saturated heterocycles. The summed E-state index contributed by atoms with van der Waals surface area (Å²) in [6.45, 7) is 2.31. The van der Waals surface area contributed by atoms with Crippen molar-refractivity contribution in [3.05, 3.63) is 11.6 Å². The molecular weight excluding hydrogens is 196 g/mol. The van der Waals surface area contributed by atoms with Gasteiger partial charge in [0.15, 0.2) is 0 Å². The number of ether oxygens (including phenoxy) is 1. The summed E-state index contributed by atoms with van der Waals surface area (Å²) in [5, 5.41) is 17.1. The van der Waals surface area contributed by atoms with E-state index in [1.165, 1.54) is 0 Å². The standard InChI is InChI=1S/C11H20O4/c1-10(6-2-3-7-12)11(14)15-9-5-4-8-13/h6,12-13H,2-5,7-9H2,1H3/b10-6+. The first-order valence-corrected chi connectivity index (χ1v) is 5.28. The van der Waals surface area contributed by atoms with Crippen molar-refractivity contribution in [1.82, 2.24) is 0 Å². The minimum absolute atomic E-state index is 0.128. The number of allylic oxidation sites excluding steroid dienone is 1. The van der Waals surface area contributed by atoms with Crippen molar-refractivity contribution in [1.29, 1.82) is 0 Å². The molecule has 0 aliphatic heterocycles. The maximum Gasteiger partial charge on any atom is 0.333 e. The lowest BCUT2D eigenvalue weighted by Gasteiger charge is -2.03. The molecule has 0 aromatic heterocycles. The summed E-state index contributed by atoms with van der Waals surface area (Å²) >= 11 is 0. The van der Waals surface area contributed by atoms with Crippen LogP contribution in [0.4, 0.5) is 0 Å². The van der Waals surface area contributed by atoms with Gasteiger partial charge in [0.25, 0.3) is 0 Å². The highest BCUT2D eigenvalue weighted by Crippen LogP contribution is 2.01. The van der Waals surface area contributed by atoms with Crippen LogP contribution in [-0.2, 0) is 9.53 Å². The molecule has 0 aromatic carbocycles. The van der Waals surface area contributed by atoms with Gasteiger partial charge in [-0.3, -0.25) is 0 Å². The topological polar surface area (TPSA) is 66.8 Å². The Morgan fingerprint density at radius 1 is 1.20 bits per heavy atom. The first-order chi connectivity index (χ1) is 7.22. The van der Waals surface area contributed by atoms with Crippen LogP contribution >= 0.6 is 0 Å². The van der Waals surface area contributed by atoms with Crippen LogP contribution in [0.3, 0.4) is 0 Å². The second-order valence-electron chi connectivity index (χ2n) is 3.32. The Hall–Kier alpha value is -0.870. The van der Waals surface area contributed by atoms with Crippen molar-refractivity contribution in [2.24, 2.45) is 0 Å². The van der Waals surface area contributed by atoms with Crippen molar-refractivity contribution in [3.63, 3.8) is 0 Å². The zero-order valence-corrected chi connectivity index (χ0v) is 9.24. The Labute approximate surface area is 90.6 Å². The molecule has 88 valence electrons. The third-order valence-electron chi connectivity index (χ3n) is 1.92. The van der Waals surface area contributed by atoms with Crippen molar-refractivity contribution < 1.29 is 19.7 Å². The van der Waals surface area contributed by atoms with Crippen LogP contribution in [-0.4, -0.2) is 36.0 Å². The molecule has 0 saturated carbocycles. The van der Waals surface area contributed by atoms with Crippen LogP contribution in [0.5, 0.6) is 0 Å². The van der Waals surface area contributed by atoms with Crippen LogP contribution in [0.15, 0.2) is 11.6 Å². The lowest BCUT2D eigenvalue weighted by Crippen LogP contribution is -2.07. The van der Waals surface area contributed by atoms with Crippen LogP contribution in [0.2, 0.25) is 0 Å². The zero-order valence-electron chi connectivity index (χ0n) is 9.24. The molecule has 0 spiro atoms. The summed E-state index contributed by atoms with van der Waals surface area (Å²) in [6.07, 6.45) is 4.46. The predicted molar refractivity (Wildman–Crippen MR) is 57.4 cm³/mol. The zero-order chi connectivity index (χ0) is 11.5. The van der Waals surface area contributed by atoms with Gasteiger partial charge < -0.3 is 14.9 Å². The molecular formula is C11H20O4. The highest BCUT2D eigenvalue weighted by Gasteiger charge is 2.04. The Morgan fingerprint density at radius 3 is 2.47 bits per heavy atom. The quantitative estimate of drug-likeness (QED) is 0.361. The fraction of sp³-hybridized carbons (Fsp3) is 0.727. The molecule has 0 bridgehead atoms. The van der Waals surface area contributed by atoms with Crippen molar-refractivity contribution in [2.45, 2.75) is 32.6 Å². The highest BCUT2D eigenvalue weighted by atomic mass is 16.5. The van der Waals surface area contributed by atoms with Crippen molar-refractivity contribution in [2.75, 3.05) is 19.8 Å². The van der Waals surface area contributed by atoms with E-state index in [9.17, 15) is 4.79 Å². The van der Waals surface area contributed by atoms with Gasteiger partial charge in [-0.05, 0) is 32.6 Å². The van der Waals surface area contributed by atoms with Crippen molar-refractivity contribution >= 4 is 5.97 Å². The van der Waals surface area contributed by atoms with E-state index in [4.69, 9.17) is 14.9 Å². The van der Waals surface area contributed by atoms with E-state index in [2.05, 4.69) is 0 Å². The second kappa shape index (κ2) is 9.68. The average Bonchev–Trinajstić information content (AvgIpc) is 2.24. The van der Waals surface area contributed by atoms with Gasteiger partial charge in [0.05, 0.1) is 6.61 Å². The lowest BCUT2D eigenvalue weighted by molar-refractivity contribution is -0.139. The number of rotatable bonds is 8. The van der Waals surface area contributed by atoms with Crippen LogP contribution in [0.1, 0.15) is 32.6 Å². The molecule has 0 heterocycles. The van der Waals surface area contributed by atoms with E-state index in [1.54, 1.807) is 13.0 Å². The van der Waals surface area contributed by atoms with E-state index in [0.29, 0.717) is 37.9 Å². The fourth-order valence-electron chi connectivity index (χ4n) is 0.986. The molecule has 0 radical (unpaired) electrons. The molecule has 0 amide bonds. The highest BCUT2D eigenvalue weighted by molar-refractivity contribution is 5.87. The number of esters is 1. The van der Waals surface area contributed by atoms with Gasteiger partial charge in [0, 0.05) is 18.8 Å². The summed E-state index contributed by atoms with van der Waals surface area (Å²) in [5.74, 6) is -0.314. The van der Waals surface area contributed by atoms with Crippen LogP contribution in [0.25, 0.3) is 0 Å². The number of carbonyl (C=O) groups is 1. The summed E-state index contributed by atoms with van der Waals surface area (Å²) in [6, 6.07) is 0. The number of hydrogen-bond acceptors (Lipinski definition) is 4. The first-order valence-electron chi connectivity index (χ1n) is 5.28. The Morgan fingerprint density at radius 2 is 1.87 bits per heavy atom. The number of hydrogen-bond donors (Lipinski definition) is 2. The molecule has 0 atom stereocenters. The Bertz CT molecular complexity index is 199. The summed E-state index contributed by atoms with van der Waals surface area (Å²) in [5.41, 5.74) is 0.576. The van der Waals surface area contributed by atoms with Gasteiger partial charge in [-0.2, -0.15) is 0 Å². The van der Waals surface area contributed by atoms with Crippen molar-refractivity contribution in [3.8, 4) is 0 Å². The van der Waals surface area contributed by atoms with Gasteiger partial charge in [0.2, 0.25) is 0 Å². The molecule has 15 heavy (non-hydrogen) atoms. The molecule has 2 N–H and O–H groups in total. The summed E-state index contributed by atoms with van der Waals surface area (Å²) in [4.78, 5) is 11.3. The molecule has 4 nitrogen and oxygen atoms in total. The van der Waals surface area contributed by atoms with E-state index in [1.807, 2.05) is 0 Å². The SMILES string of the molecule is C/C(=C\CCCO)C(=O)OCCCCO. The van der Waals surface area contributed by atoms with Gasteiger partial charge >= 0.3 is 5.97 Å². The molecule has 0 rings (SSSR count). The monoisotopic (exact) mass is 216 g/mol. The minimum atomic E-state index is -0.314. The van der Waals surface area contributed by atoms with E-state index < -0.39 is 0 Å². The molecule has 0 aliphatic carbocycles. The largest absolute Gasteiger partial charge is 0.462 e. The normalized spacial score (nSPS) is 11.5. The van der Waals surface area contributed by atoms with Gasteiger partial charge in [-0.1, -0.05) is 6.08 Å².